The molecule has 0 unspecified atom stereocenters. The fraction of sp³-hybridized carbons (Fsp3) is 0.364. The minimum absolute atomic E-state index is 0.0278. The van der Waals surface area contributed by atoms with E-state index < -0.39 is 0 Å². The summed E-state index contributed by atoms with van der Waals surface area (Å²) in [5.41, 5.74) is 0.544. The second-order valence-corrected chi connectivity index (χ2v) is 5.05. The third-order valence-corrected chi connectivity index (χ3v) is 2.55. The molecule has 2 aromatic rings. The first-order valence-corrected chi connectivity index (χ1v) is 5.18. The van der Waals surface area contributed by atoms with Crippen molar-refractivity contribution in [2.45, 2.75) is 26.3 Å². The molecule has 15 heavy (non-hydrogen) atoms. The molecule has 0 saturated carbocycles. The van der Waals surface area contributed by atoms with Crippen LogP contribution in [0.3, 0.4) is 0 Å². The lowest BCUT2D eigenvalue weighted by atomic mass is 10.1. The Hall–Kier alpha value is -1.22. The van der Waals surface area contributed by atoms with Crippen molar-refractivity contribution in [1.82, 2.24) is 9.78 Å². The van der Waals surface area contributed by atoms with Crippen LogP contribution in [0.1, 0.15) is 20.8 Å². The molecule has 0 radical (unpaired) electrons. The van der Waals surface area contributed by atoms with Gasteiger partial charge < -0.3 is 0 Å². The predicted octanol–water partition coefficient (Wildman–Crippen LogP) is 2.74. The standard InChI is InChI=1S/C11H13ClN2O/c1-11(2,3)14-10(15)8-6-7(12)4-5-9(8)13-14/h4-6,13H,1-3H3. The van der Waals surface area contributed by atoms with E-state index in [0.29, 0.717) is 10.4 Å². The average molecular weight is 225 g/mol. The normalized spacial score (nSPS) is 12.3. The molecule has 0 bridgehead atoms. The molecule has 0 aliphatic heterocycles. The van der Waals surface area contributed by atoms with Gasteiger partial charge >= 0.3 is 0 Å². The number of hydrogen-bond acceptors (Lipinski definition) is 1. The van der Waals surface area contributed by atoms with Crippen LogP contribution < -0.4 is 5.56 Å². The first-order chi connectivity index (χ1) is 6.89. The Labute approximate surface area is 92.6 Å². The van der Waals surface area contributed by atoms with Gasteiger partial charge in [0.15, 0.2) is 0 Å². The maximum Gasteiger partial charge on any atom is 0.274 e. The van der Waals surface area contributed by atoms with Gasteiger partial charge in [-0.05, 0) is 39.0 Å². The Morgan fingerprint density at radius 1 is 1.33 bits per heavy atom. The molecule has 80 valence electrons. The molecule has 0 atom stereocenters. The van der Waals surface area contributed by atoms with Crippen molar-refractivity contribution in [3.05, 3.63) is 33.6 Å². The largest absolute Gasteiger partial charge is 0.294 e. The summed E-state index contributed by atoms with van der Waals surface area (Å²) in [7, 11) is 0. The Bertz CT molecular complexity index is 560. The molecular formula is C11H13ClN2O. The van der Waals surface area contributed by atoms with Crippen LogP contribution in [0.25, 0.3) is 10.9 Å². The topological polar surface area (TPSA) is 37.8 Å². The van der Waals surface area contributed by atoms with E-state index in [1.54, 1.807) is 16.8 Å². The average Bonchev–Trinajstić information content (AvgIpc) is 2.43. The van der Waals surface area contributed by atoms with E-state index in [1.807, 2.05) is 26.8 Å². The number of aromatic nitrogens is 2. The number of hydrogen-bond donors (Lipinski definition) is 1. The fourth-order valence-electron chi connectivity index (χ4n) is 1.55. The molecule has 2 rings (SSSR count). The maximum atomic E-state index is 12.0. The van der Waals surface area contributed by atoms with E-state index in [-0.39, 0.29) is 11.1 Å². The molecule has 1 N–H and O–H groups in total. The van der Waals surface area contributed by atoms with Gasteiger partial charge in [0.1, 0.15) is 0 Å². The molecule has 3 nitrogen and oxygen atoms in total. The van der Waals surface area contributed by atoms with Gasteiger partial charge in [0.2, 0.25) is 0 Å². The van der Waals surface area contributed by atoms with Gasteiger partial charge in [-0.3, -0.25) is 9.89 Å². The Morgan fingerprint density at radius 2 is 2.00 bits per heavy atom. The lowest BCUT2D eigenvalue weighted by Crippen LogP contribution is -2.32. The first-order valence-electron chi connectivity index (χ1n) is 4.80. The zero-order chi connectivity index (χ0) is 11.2. The van der Waals surface area contributed by atoms with E-state index in [0.717, 1.165) is 5.52 Å². The van der Waals surface area contributed by atoms with Crippen molar-refractivity contribution in [3.63, 3.8) is 0 Å². The van der Waals surface area contributed by atoms with Crippen molar-refractivity contribution >= 4 is 22.5 Å². The number of aromatic amines is 1. The highest BCUT2D eigenvalue weighted by molar-refractivity contribution is 6.31. The molecule has 0 fully saturated rings. The molecule has 1 heterocycles. The minimum atomic E-state index is -0.247. The van der Waals surface area contributed by atoms with Crippen LogP contribution in [0.5, 0.6) is 0 Å². The van der Waals surface area contributed by atoms with Gasteiger partial charge in [0.25, 0.3) is 5.56 Å². The van der Waals surface area contributed by atoms with E-state index >= 15 is 0 Å². The third kappa shape index (κ3) is 1.67. The van der Waals surface area contributed by atoms with E-state index in [9.17, 15) is 4.79 Å². The third-order valence-electron chi connectivity index (χ3n) is 2.32. The van der Waals surface area contributed by atoms with Crippen molar-refractivity contribution in [1.29, 1.82) is 0 Å². The molecule has 0 amide bonds. The molecule has 1 aromatic carbocycles. The Kier molecular flexibility index (Phi) is 2.15. The summed E-state index contributed by atoms with van der Waals surface area (Å²) in [5, 5.41) is 4.30. The lowest BCUT2D eigenvalue weighted by Gasteiger charge is -2.18. The number of H-pyrrole nitrogens is 1. The summed E-state index contributed by atoms with van der Waals surface area (Å²) >= 11 is 5.85. The van der Waals surface area contributed by atoms with Gasteiger partial charge in [-0.15, -0.1) is 0 Å². The zero-order valence-electron chi connectivity index (χ0n) is 8.97. The predicted molar refractivity (Wildman–Crippen MR) is 62.6 cm³/mol. The van der Waals surface area contributed by atoms with Crippen LogP contribution in [-0.2, 0) is 5.54 Å². The van der Waals surface area contributed by atoms with Crippen LogP contribution in [-0.4, -0.2) is 9.78 Å². The lowest BCUT2D eigenvalue weighted by molar-refractivity contribution is 0.348. The minimum Gasteiger partial charge on any atom is -0.294 e. The Morgan fingerprint density at radius 3 is 2.60 bits per heavy atom. The fourth-order valence-corrected chi connectivity index (χ4v) is 1.73. The number of benzene rings is 1. The maximum absolute atomic E-state index is 12.0. The molecule has 0 aliphatic rings. The van der Waals surface area contributed by atoms with Gasteiger partial charge in [-0.25, -0.2) is 4.68 Å². The van der Waals surface area contributed by atoms with Gasteiger partial charge in [0, 0.05) is 5.02 Å². The van der Waals surface area contributed by atoms with E-state index in [1.165, 1.54) is 0 Å². The van der Waals surface area contributed by atoms with Crippen molar-refractivity contribution in [2.24, 2.45) is 0 Å². The van der Waals surface area contributed by atoms with Crippen molar-refractivity contribution in [3.8, 4) is 0 Å². The number of nitrogens with one attached hydrogen (secondary N) is 1. The number of rotatable bonds is 0. The quantitative estimate of drug-likeness (QED) is 0.734. The number of fused-ring (bicyclic) bond motifs is 1. The molecule has 1 aromatic heterocycles. The van der Waals surface area contributed by atoms with Crippen LogP contribution in [0.15, 0.2) is 23.0 Å². The highest BCUT2D eigenvalue weighted by Gasteiger charge is 2.18. The number of nitrogens with zero attached hydrogens (tertiary/aromatic N) is 1. The summed E-state index contributed by atoms with van der Waals surface area (Å²) in [5.74, 6) is 0. The van der Waals surface area contributed by atoms with Crippen LogP contribution in [0, 0.1) is 0 Å². The SMILES string of the molecule is CC(C)(C)n1[nH]c2ccc(Cl)cc2c1=O. The number of halogens is 1. The summed E-state index contributed by atoms with van der Waals surface area (Å²) in [6.45, 7) is 5.93. The Balaban J connectivity index is 2.82. The van der Waals surface area contributed by atoms with Gasteiger partial charge in [-0.1, -0.05) is 11.6 Å². The van der Waals surface area contributed by atoms with E-state index in [2.05, 4.69) is 5.10 Å². The molecular weight excluding hydrogens is 212 g/mol. The highest BCUT2D eigenvalue weighted by atomic mass is 35.5. The first kappa shape index (κ1) is 10.3. The summed E-state index contributed by atoms with van der Waals surface area (Å²) < 4.78 is 1.62. The van der Waals surface area contributed by atoms with Crippen molar-refractivity contribution in [2.75, 3.05) is 0 Å². The molecule has 4 heteroatoms. The van der Waals surface area contributed by atoms with Crippen LogP contribution >= 0.6 is 11.6 Å². The molecule has 0 aliphatic carbocycles. The monoisotopic (exact) mass is 224 g/mol. The van der Waals surface area contributed by atoms with Gasteiger partial charge in [-0.2, -0.15) is 0 Å². The summed E-state index contributed by atoms with van der Waals surface area (Å²) in [6.07, 6.45) is 0. The second kappa shape index (κ2) is 3.14. The van der Waals surface area contributed by atoms with E-state index in [4.69, 9.17) is 11.6 Å². The smallest absolute Gasteiger partial charge is 0.274 e. The highest BCUT2D eigenvalue weighted by Crippen LogP contribution is 2.17. The molecule has 0 saturated heterocycles. The zero-order valence-corrected chi connectivity index (χ0v) is 9.72. The van der Waals surface area contributed by atoms with Crippen LogP contribution in [0.4, 0.5) is 0 Å². The van der Waals surface area contributed by atoms with Crippen molar-refractivity contribution < 1.29 is 0 Å². The second-order valence-electron chi connectivity index (χ2n) is 4.61. The summed E-state index contributed by atoms with van der Waals surface area (Å²) in [4.78, 5) is 12.0. The van der Waals surface area contributed by atoms with Gasteiger partial charge in [0.05, 0.1) is 16.4 Å². The summed E-state index contributed by atoms with van der Waals surface area (Å²) in [6, 6.07) is 5.28. The van der Waals surface area contributed by atoms with Crippen LogP contribution in [0.2, 0.25) is 5.02 Å². The molecule has 0 spiro atoms.